The maximum atomic E-state index is 13.2. The van der Waals surface area contributed by atoms with Crippen molar-refractivity contribution in [1.29, 1.82) is 0 Å². The summed E-state index contributed by atoms with van der Waals surface area (Å²) in [7, 11) is -3.27. The summed E-state index contributed by atoms with van der Waals surface area (Å²) in [6.07, 6.45) is 1.17. The summed E-state index contributed by atoms with van der Waals surface area (Å²) in [6, 6.07) is 0. The molecule has 2 heterocycles. The smallest absolute Gasteiger partial charge is 0.330 e. The number of anilines is 2. The number of nitrogens with zero attached hydrogens (tertiary/aromatic N) is 4. The van der Waals surface area contributed by atoms with Crippen LogP contribution in [0.4, 0.5) is 11.5 Å². The van der Waals surface area contributed by atoms with E-state index >= 15 is 0 Å². The number of hydrogen-bond donors (Lipinski definition) is 2. The highest BCUT2D eigenvalue weighted by molar-refractivity contribution is 7.88. The average molecular weight is 459 g/mol. The van der Waals surface area contributed by atoms with E-state index in [0.717, 1.165) is 0 Å². The number of sulfonamides is 1. The lowest BCUT2D eigenvalue weighted by molar-refractivity contribution is -0.120. The molecule has 2 rings (SSSR count). The number of rotatable bonds is 8. The van der Waals surface area contributed by atoms with Gasteiger partial charge in [-0.2, -0.15) is 4.31 Å². The Morgan fingerprint density at radius 1 is 1.10 bits per heavy atom. The highest BCUT2D eigenvalue weighted by atomic mass is 32.2. The van der Waals surface area contributed by atoms with E-state index in [1.54, 1.807) is 0 Å². The van der Waals surface area contributed by atoms with Crippen molar-refractivity contribution in [1.82, 2.24) is 18.8 Å². The molecule has 31 heavy (non-hydrogen) atoms. The Hall–Kier alpha value is -2.18. The van der Waals surface area contributed by atoms with Crippen LogP contribution >= 0.6 is 0 Å². The molecule has 1 aliphatic heterocycles. The van der Waals surface area contributed by atoms with E-state index in [-0.39, 0.29) is 42.3 Å². The normalized spacial score (nSPS) is 16.2. The lowest BCUT2D eigenvalue weighted by Gasteiger charge is -2.34. The first-order valence-corrected chi connectivity index (χ1v) is 12.3. The SMILES string of the molecule is CC(C)CN(C(=O)CN1CCN(S(C)(=O)=O)CC1)c1c(N)n(CC(C)C)c(=O)[nH]c1=O. The predicted molar refractivity (Wildman–Crippen MR) is 121 cm³/mol. The van der Waals surface area contributed by atoms with E-state index in [9.17, 15) is 22.8 Å². The van der Waals surface area contributed by atoms with Gasteiger partial charge < -0.3 is 10.6 Å². The number of hydrogen-bond acceptors (Lipinski definition) is 7. The molecule has 1 aliphatic rings. The van der Waals surface area contributed by atoms with Crippen LogP contribution < -0.4 is 21.9 Å². The van der Waals surface area contributed by atoms with Crippen LogP contribution in [0, 0.1) is 11.8 Å². The maximum absolute atomic E-state index is 13.2. The van der Waals surface area contributed by atoms with Crippen molar-refractivity contribution in [3.05, 3.63) is 20.8 Å². The Labute approximate surface area is 182 Å². The molecule has 0 bridgehead atoms. The molecule has 1 saturated heterocycles. The summed E-state index contributed by atoms with van der Waals surface area (Å²) < 4.78 is 26.0. The first-order chi connectivity index (χ1) is 14.3. The van der Waals surface area contributed by atoms with Crippen LogP contribution in [0.15, 0.2) is 9.59 Å². The third-order valence-corrected chi connectivity index (χ3v) is 6.34. The van der Waals surface area contributed by atoms with Gasteiger partial charge in [0.1, 0.15) is 5.82 Å². The number of nitrogen functional groups attached to an aromatic ring is 1. The van der Waals surface area contributed by atoms with E-state index in [4.69, 9.17) is 5.73 Å². The van der Waals surface area contributed by atoms with Gasteiger partial charge in [-0.25, -0.2) is 13.2 Å². The molecule has 0 atom stereocenters. The standard InChI is InChI=1S/C19H34N6O5S/c1-13(2)10-24(15(26)12-22-6-8-23(9-7-22)31(5,29)30)16-17(20)25(11-14(3)4)19(28)21-18(16)27/h13-14H,6-12,20H2,1-5H3,(H,21,27,28). The van der Waals surface area contributed by atoms with Crippen molar-refractivity contribution in [3.63, 3.8) is 0 Å². The summed E-state index contributed by atoms with van der Waals surface area (Å²) in [5.74, 6) is -0.193. The number of nitrogens with two attached hydrogens (primary N) is 1. The van der Waals surface area contributed by atoms with Crippen molar-refractivity contribution in [3.8, 4) is 0 Å². The van der Waals surface area contributed by atoms with Gasteiger partial charge in [-0.1, -0.05) is 27.7 Å². The van der Waals surface area contributed by atoms with Gasteiger partial charge in [-0.3, -0.25) is 24.0 Å². The molecule has 0 spiro atoms. The molecule has 1 amide bonds. The Morgan fingerprint density at radius 3 is 2.16 bits per heavy atom. The summed E-state index contributed by atoms with van der Waals surface area (Å²) in [5, 5.41) is 0. The number of aromatic nitrogens is 2. The van der Waals surface area contributed by atoms with Crippen molar-refractivity contribution in [2.75, 3.05) is 56.2 Å². The molecule has 1 aromatic rings. The molecular formula is C19H34N6O5S. The average Bonchev–Trinajstić information content (AvgIpc) is 2.63. The van der Waals surface area contributed by atoms with Crippen LogP contribution in [-0.2, 0) is 21.4 Å². The molecular weight excluding hydrogens is 424 g/mol. The monoisotopic (exact) mass is 458 g/mol. The van der Waals surface area contributed by atoms with E-state index < -0.39 is 21.3 Å². The topological polar surface area (TPSA) is 142 Å². The zero-order chi connectivity index (χ0) is 23.5. The first kappa shape index (κ1) is 25.1. The number of aromatic amines is 1. The summed E-state index contributed by atoms with van der Waals surface area (Å²) in [5.41, 5.74) is 4.89. The third kappa shape index (κ3) is 6.40. The van der Waals surface area contributed by atoms with Gasteiger partial charge in [0.05, 0.1) is 12.8 Å². The van der Waals surface area contributed by atoms with Gasteiger partial charge >= 0.3 is 5.69 Å². The zero-order valence-corrected chi connectivity index (χ0v) is 19.7. The predicted octanol–water partition coefficient (Wildman–Crippen LogP) is -0.659. The molecule has 3 N–H and O–H groups in total. The second kappa shape index (κ2) is 9.96. The minimum atomic E-state index is -3.27. The van der Waals surface area contributed by atoms with E-state index in [0.29, 0.717) is 32.7 Å². The van der Waals surface area contributed by atoms with Crippen LogP contribution in [-0.4, -0.2) is 78.6 Å². The number of carbonyl (C=O) groups excluding carboxylic acids is 1. The number of H-pyrrole nitrogens is 1. The largest absolute Gasteiger partial charge is 0.383 e. The van der Waals surface area contributed by atoms with Gasteiger partial charge in [0.2, 0.25) is 15.9 Å². The van der Waals surface area contributed by atoms with Gasteiger partial charge in [0, 0.05) is 39.3 Å². The van der Waals surface area contributed by atoms with Gasteiger partial charge in [0.25, 0.3) is 5.56 Å². The van der Waals surface area contributed by atoms with E-state index in [1.807, 2.05) is 32.6 Å². The van der Waals surface area contributed by atoms with E-state index in [1.165, 1.54) is 20.0 Å². The van der Waals surface area contributed by atoms with Crippen molar-refractivity contribution in [2.24, 2.45) is 11.8 Å². The highest BCUT2D eigenvalue weighted by Crippen LogP contribution is 2.20. The number of carbonyl (C=O) groups is 1. The molecule has 0 aromatic carbocycles. The number of piperazine rings is 1. The van der Waals surface area contributed by atoms with Crippen molar-refractivity contribution < 1.29 is 13.2 Å². The summed E-state index contributed by atoms with van der Waals surface area (Å²) in [6.45, 7) is 9.69. The summed E-state index contributed by atoms with van der Waals surface area (Å²) in [4.78, 5) is 43.6. The highest BCUT2D eigenvalue weighted by Gasteiger charge is 2.29. The molecule has 0 radical (unpaired) electrons. The molecule has 11 nitrogen and oxygen atoms in total. The minimum absolute atomic E-state index is 0.0197. The van der Waals surface area contributed by atoms with Gasteiger partial charge in [-0.15, -0.1) is 0 Å². The minimum Gasteiger partial charge on any atom is -0.383 e. The molecule has 1 fully saturated rings. The second-order valence-corrected chi connectivity index (χ2v) is 10.8. The van der Waals surface area contributed by atoms with Crippen molar-refractivity contribution in [2.45, 2.75) is 34.2 Å². The molecule has 0 unspecified atom stereocenters. The van der Waals surface area contributed by atoms with Crippen LogP contribution in [0.3, 0.4) is 0 Å². The van der Waals surface area contributed by atoms with Gasteiger partial charge in [0.15, 0.2) is 5.69 Å². The Bertz CT molecular complexity index is 1010. The lowest BCUT2D eigenvalue weighted by atomic mass is 10.2. The zero-order valence-electron chi connectivity index (χ0n) is 18.9. The third-order valence-electron chi connectivity index (χ3n) is 5.04. The van der Waals surface area contributed by atoms with Crippen LogP contribution in [0.2, 0.25) is 0 Å². The van der Waals surface area contributed by atoms with Gasteiger partial charge in [-0.05, 0) is 11.8 Å². The molecule has 1 aromatic heterocycles. The van der Waals surface area contributed by atoms with E-state index in [2.05, 4.69) is 4.98 Å². The molecule has 12 heteroatoms. The maximum Gasteiger partial charge on any atom is 0.330 e. The Balaban J connectivity index is 2.31. The number of nitrogens with one attached hydrogen (secondary N) is 1. The second-order valence-electron chi connectivity index (χ2n) is 8.83. The quantitative estimate of drug-likeness (QED) is 0.527. The molecule has 176 valence electrons. The Morgan fingerprint density at radius 2 is 1.68 bits per heavy atom. The van der Waals surface area contributed by atoms with Crippen LogP contribution in [0.5, 0.6) is 0 Å². The Kier molecular flexibility index (Phi) is 8.06. The number of amides is 1. The van der Waals surface area contributed by atoms with Crippen LogP contribution in [0.25, 0.3) is 0 Å². The first-order valence-electron chi connectivity index (χ1n) is 10.4. The van der Waals surface area contributed by atoms with Crippen molar-refractivity contribution >= 4 is 27.4 Å². The fourth-order valence-electron chi connectivity index (χ4n) is 3.56. The molecule has 0 aliphatic carbocycles. The lowest BCUT2D eigenvalue weighted by Crippen LogP contribution is -2.52. The fourth-order valence-corrected chi connectivity index (χ4v) is 4.39. The molecule has 0 saturated carbocycles. The fraction of sp³-hybridized carbons (Fsp3) is 0.737. The summed E-state index contributed by atoms with van der Waals surface area (Å²) >= 11 is 0. The van der Waals surface area contributed by atoms with Crippen LogP contribution in [0.1, 0.15) is 27.7 Å².